The predicted molar refractivity (Wildman–Crippen MR) is 70.6 cm³/mol. The summed E-state index contributed by atoms with van der Waals surface area (Å²) in [4.78, 5) is 0. The maximum absolute atomic E-state index is 9.23. The van der Waals surface area contributed by atoms with Gasteiger partial charge in [0, 0.05) is 6.54 Å². The molecular weight excluding hydrogens is 210 g/mol. The monoisotopic (exact) mass is 231 g/mol. The lowest BCUT2D eigenvalue weighted by molar-refractivity contribution is 0.280. The van der Waals surface area contributed by atoms with Gasteiger partial charge in [0.1, 0.15) is 0 Å². The molecule has 0 spiro atoms. The van der Waals surface area contributed by atoms with Crippen LogP contribution < -0.4 is 5.32 Å². The van der Waals surface area contributed by atoms with Crippen molar-refractivity contribution >= 4 is 0 Å². The van der Waals surface area contributed by atoms with E-state index in [-0.39, 0.29) is 6.61 Å². The van der Waals surface area contributed by atoms with Crippen molar-refractivity contribution in [3.8, 4) is 0 Å². The molecule has 2 N–H and O–H groups in total. The van der Waals surface area contributed by atoms with Crippen LogP contribution in [0.15, 0.2) is 36.4 Å². The first-order valence-electron chi connectivity index (χ1n) is 6.43. The van der Waals surface area contributed by atoms with Crippen LogP contribution in [0.1, 0.15) is 30.4 Å². The molecule has 0 amide bonds. The third kappa shape index (κ3) is 3.69. The fourth-order valence-corrected chi connectivity index (χ4v) is 2.34. The van der Waals surface area contributed by atoms with E-state index in [2.05, 4.69) is 23.5 Å². The Balaban J connectivity index is 1.79. The van der Waals surface area contributed by atoms with Crippen LogP contribution in [0.3, 0.4) is 0 Å². The van der Waals surface area contributed by atoms with E-state index in [1.165, 1.54) is 24.8 Å². The van der Waals surface area contributed by atoms with E-state index in [0.717, 1.165) is 24.6 Å². The van der Waals surface area contributed by atoms with Crippen LogP contribution in [0.25, 0.3) is 0 Å². The third-order valence-corrected chi connectivity index (χ3v) is 3.41. The quantitative estimate of drug-likeness (QED) is 0.764. The maximum atomic E-state index is 9.23. The summed E-state index contributed by atoms with van der Waals surface area (Å²) < 4.78 is 0. The van der Waals surface area contributed by atoms with Gasteiger partial charge in [0.05, 0.1) is 6.61 Å². The normalized spacial score (nSPS) is 19.5. The molecule has 17 heavy (non-hydrogen) atoms. The first kappa shape index (κ1) is 12.3. The Hall–Kier alpha value is -1.12. The predicted octanol–water partition coefficient (Wildman–Crippen LogP) is 2.62. The second-order valence-electron chi connectivity index (χ2n) is 4.71. The molecule has 1 aromatic carbocycles. The highest BCUT2D eigenvalue weighted by Gasteiger charge is 2.09. The summed E-state index contributed by atoms with van der Waals surface area (Å²) in [5.41, 5.74) is 2.24. The lowest BCUT2D eigenvalue weighted by Crippen LogP contribution is -2.23. The zero-order valence-electron chi connectivity index (χ0n) is 10.2. The number of rotatable bonds is 5. The van der Waals surface area contributed by atoms with E-state index in [0.29, 0.717) is 0 Å². The van der Waals surface area contributed by atoms with E-state index < -0.39 is 0 Å². The number of allylic oxidation sites excluding steroid dienone is 2. The van der Waals surface area contributed by atoms with Crippen molar-refractivity contribution in [3.63, 3.8) is 0 Å². The molecule has 0 aliphatic heterocycles. The number of aliphatic hydroxyl groups is 1. The van der Waals surface area contributed by atoms with Crippen LogP contribution >= 0.6 is 0 Å². The fourth-order valence-electron chi connectivity index (χ4n) is 2.34. The smallest absolute Gasteiger partial charge is 0.0685 e. The zero-order valence-corrected chi connectivity index (χ0v) is 10.2. The highest BCUT2D eigenvalue weighted by atomic mass is 16.3. The number of hydrogen-bond acceptors (Lipinski definition) is 2. The number of benzene rings is 1. The summed E-state index contributed by atoms with van der Waals surface area (Å²) in [6, 6.07) is 8.07. The van der Waals surface area contributed by atoms with E-state index in [9.17, 15) is 5.11 Å². The SMILES string of the molecule is OCc1ccccc1CNCC1CC=CCC1. The minimum absolute atomic E-state index is 0.129. The molecule has 2 heteroatoms. The Kier molecular flexibility index (Phi) is 4.77. The lowest BCUT2D eigenvalue weighted by Gasteiger charge is -2.18. The molecule has 0 saturated carbocycles. The van der Waals surface area contributed by atoms with Gasteiger partial charge in [0.15, 0.2) is 0 Å². The third-order valence-electron chi connectivity index (χ3n) is 3.41. The molecular formula is C15H21NO. The number of hydrogen-bond donors (Lipinski definition) is 2. The van der Waals surface area contributed by atoms with Gasteiger partial charge in [0.25, 0.3) is 0 Å². The van der Waals surface area contributed by atoms with Crippen LogP contribution in [0.4, 0.5) is 0 Å². The largest absolute Gasteiger partial charge is 0.392 e. The van der Waals surface area contributed by atoms with Crippen molar-refractivity contribution in [2.45, 2.75) is 32.4 Å². The molecule has 92 valence electrons. The van der Waals surface area contributed by atoms with Crippen molar-refractivity contribution in [3.05, 3.63) is 47.5 Å². The van der Waals surface area contributed by atoms with E-state index in [1.807, 2.05) is 18.2 Å². The van der Waals surface area contributed by atoms with Gasteiger partial charge in [-0.3, -0.25) is 0 Å². The standard InChI is InChI=1S/C15H21NO/c17-12-15-9-5-4-8-14(15)11-16-10-13-6-2-1-3-7-13/h1-2,4-5,8-9,13,16-17H,3,6-7,10-12H2. The van der Waals surface area contributed by atoms with Crippen LogP contribution in [-0.2, 0) is 13.2 Å². The number of nitrogens with one attached hydrogen (secondary N) is 1. The maximum Gasteiger partial charge on any atom is 0.0685 e. The van der Waals surface area contributed by atoms with Gasteiger partial charge in [-0.1, -0.05) is 36.4 Å². The minimum Gasteiger partial charge on any atom is -0.392 e. The molecule has 0 heterocycles. The molecule has 0 bridgehead atoms. The summed E-state index contributed by atoms with van der Waals surface area (Å²) in [5, 5.41) is 12.7. The average molecular weight is 231 g/mol. The van der Waals surface area contributed by atoms with Gasteiger partial charge < -0.3 is 10.4 Å². The molecule has 1 aliphatic rings. The molecule has 2 rings (SSSR count). The van der Waals surface area contributed by atoms with Crippen molar-refractivity contribution in [2.24, 2.45) is 5.92 Å². The Morgan fingerprint density at radius 3 is 2.71 bits per heavy atom. The zero-order chi connectivity index (χ0) is 11.9. The van der Waals surface area contributed by atoms with Crippen molar-refractivity contribution in [1.82, 2.24) is 5.32 Å². The molecule has 1 unspecified atom stereocenters. The molecule has 1 aromatic rings. The van der Waals surface area contributed by atoms with Crippen molar-refractivity contribution < 1.29 is 5.11 Å². The van der Waals surface area contributed by atoms with Crippen molar-refractivity contribution in [1.29, 1.82) is 0 Å². The number of aliphatic hydroxyl groups excluding tert-OH is 1. The van der Waals surface area contributed by atoms with Crippen LogP contribution in [0, 0.1) is 5.92 Å². The van der Waals surface area contributed by atoms with E-state index in [4.69, 9.17) is 0 Å². The van der Waals surface area contributed by atoms with E-state index >= 15 is 0 Å². The summed E-state index contributed by atoms with van der Waals surface area (Å²) in [7, 11) is 0. The van der Waals surface area contributed by atoms with Crippen molar-refractivity contribution in [2.75, 3.05) is 6.54 Å². The average Bonchev–Trinajstić information content (AvgIpc) is 2.40. The Morgan fingerprint density at radius 1 is 1.18 bits per heavy atom. The lowest BCUT2D eigenvalue weighted by atomic mass is 9.94. The van der Waals surface area contributed by atoms with Gasteiger partial charge in [0.2, 0.25) is 0 Å². The minimum atomic E-state index is 0.129. The first-order valence-corrected chi connectivity index (χ1v) is 6.43. The Bertz CT molecular complexity index is 373. The van der Waals surface area contributed by atoms with Crippen LogP contribution in [0.5, 0.6) is 0 Å². The van der Waals surface area contributed by atoms with Crippen LogP contribution in [-0.4, -0.2) is 11.7 Å². The molecule has 0 fully saturated rings. The van der Waals surface area contributed by atoms with Gasteiger partial charge in [-0.25, -0.2) is 0 Å². The molecule has 0 saturated heterocycles. The molecule has 1 atom stereocenters. The second-order valence-corrected chi connectivity index (χ2v) is 4.71. The molecule has 0 radical (unpaired) electrons. The van der Waals surface area contributed by atoms with Gasteiger partial charge in [-0.05, 0) is 42.9 Å². The summed E-state index contributed by atoms with van der Waals surface area (Å²) in [6.45, 7) is 2.06. The highest BCUT2D eigenvalue weighted by Crippen LogP contribution is 2.17. The summed E-state index contributed by atoms with van der Waals surface area (Å²) >= 11 is 0. The first-order chi connectivity index (χ1) is 8.40. The van der Waals surface area contributed by atoms with E-state index in [1.54, 1.807) is 0 Å². The second kappa shape index (κ2) is 6.58. The van der Waals surface area contributed by atoms with Crippen LogP contribution in [0.2, 0.25) is 0 Å². The summed E-state index contributed by atoms with van der Waals surface area (Å²) in [5.74, 6) is 0.779. The molecule has 2 nitrogen and oxygen atoms in total. The van der Waals surface area contributed by atoms with Gasteiger partial charge in [-0.15, -0.1) is 0 Å². The summed E-state index contributed by atoms with van der Waals surface area (Å²) in [6.07, 6.45) is 8.29. The van der Waals surface area contributed by atoms with Gasteiger partial charge in [-0.2, -0.15) is 0 Å². The highest BCUT2D eigenvalue weighted by molar-refractivity contribution is 5.26. The van der Waals surface area contributed by atoms with Gasteiger partial charge >= 0.3 is 0 Å². The Labute approximate surface area is 103 Å². The topological polar surface area (TPSA) is 32.3 Å². The molecule has 0 aromatic heterocycles. The molecule has 1 aliphatic carbocycles. The fraction of sp³-hybridized carbons (Fsp3) is 0.467. The Morgan fingerprint density at radius 2 is 2.00 bits per heavy atom.